The summed E-state index contributed by atoms with van der Waals surface area (Å²) in [5.41, 5.74) is 2.07. The molecular weight excluding hydrogens is 415 g/mol. The zero-order chi connectivity index (χ0) is 21.2. The predicted molar refractivity (Wildman–Crippen MR) is 119 cm³/mol. The number of carbonyl (C=O) groups is 1. The Morgan fingerprint density at radius 2 is 1.90 bits per heavy atom. The van der Waals surface area contributed by atoms with Gasteiger partial charge >= 0.3 is 0 Å². The Balaban J connectivity index is 1.65. The van der Waals surface area contributed by atoms with E-state index in [2.05, 4.69) is 10.2 Å². The average Bonchev–Trinajstić information content (AvgIpc) is 3.44. The van der Waals surface area contributed by atoms with Gasteiger partial charge in [-0.3, -0.25) is 9.69 Å². The van der Waals surface area contributed by atoms with Crippen molar-refractivity contribution in [2.45, 2.75) is 6.04 Å². The highest BCUT2D eigenvalue weighted by atomic mass is 32.1. The van der Waals surface area contributed by atoms with E-state index in [0.29, 0.717) is 48.2 Å². The summed E-state index contributed by atoms with van der Waals surface area (Å²) in [7, 11) is 0. The topological polar surface area (TPSA) is 54.7 Å². The van der Waals surface area contributed by atoms with Gasteiger partial charge < -0.3 is 14.5 Å². The van der Waals surface area contributed by atoms with Gasteiger partial charge in [0.15, 0.2) is 0 Å². The van der Waals surface area contributed by atoms with Crippen molar-refractivity contribution < 1.29 is 18.3 Å². The molecule has 2 aromatic carbocycles. The van der Waals surface area contributed by atoms with E-state index in [9.17, 15) is 9.18 Å². The van der Waals surface area contributed by atoms with Gasteiger partial charge in [0.2, 0.25) is 0 Å². The number of furan rings is 1. The minimum atomic E-state index is -0.356. The molecule has 31 heavy (non-hydrogen) atoms. The van der Waals surface area contributed by atoms with Gasteiger partial charge in [0.1, 0.15) is 17.2 Å². The van der Waals surface area contributed by atoms with Crippen molar-refractivity contribution in [2.24, 2.45) is 0 Å². The number of rotatable bonds is 5. The number of morpholine rings is 1. The molecule has 0 spiro atoms. The lowest BCUT2D eigenvalue weighted by molar-refractivity contribution is 0.0205. The lowest BCUT2D eigenvalue weighted by atomic mass is 10.00. The summed E-state index contributed by atoms with van der Waals surface area (Å²) in [6.07, 6.45) is 0. The third kappa shape index (κ3) is 3.99. The van der Waals surface area contributed by atoms with Gasteiger partial charge in [0.25, 0.3) is 5.91 Å². The maximum absolute atomic E-state index is 14.2. The molecule has 0 aliphatic carbocycles. The van der Waals surface area contributed by atoms with Crippen LogP contribution in [0.4, 0.5) is 10.1 Å². The lowest BCUT2D eigenvalue weighted by Crippen LogP contribution is -2.39. The Kier molecular flexibility index (Phi) is 5.55. The molecule has 1 fully saturated rings. The van der Waals surface area contributed by atoms with Crippen molar-refractivity contribution in [1.82, 2.24) is 4.90 Å². The highest BCUT2D eigenvalue weighted by molar-refractivity contribution is 7.12. The molecule has 7 heteroatoms. The molecule has 1 aliphatic heterocycles. The molecule has 1 N–H and O–H groups in total. The summed E-state index contributed by atoms with van der Waals surface area (Å²) in [4.78, 5) is 15.7. The van der Waals surface area contributed by atoms with Crippen LogP contribution in [0.25, 0.3) is 11.0 Å². The number of fused-ring (bicyclic) bond motifs is 1. The van der Waals surface area contributed by atoms with Crippen LogP contribution in [0.3, 0.4) is 0 Å². The first kappa shape index (κ1) is 19.9. The maximum Gasteiger partial charge on any atom is 0.265 e. The van der Waals surface area contributed by atoms with E-state index in [4.69, 9.17) is 9.15 Å². The molecule has 1 atom stereocenters. The number of amides is 1. The zero-order valence-electron chi connectivity index (χ0n) is 16.7. The van der Waals surface area contributed by atoms with Gasteiger partial charge in [-0.15, -0.1) is 11.3 Å². The number of anilines is 1. The highest BCUT2D eigenvalue weighted by Gasteiger charge is 2.31. The molecule has 2 aromatic heterocycles. The van der Waals surface area contributed by atoms with E-state index in [0.717, 1.165) is 10.9 Å². The van der Waals surface area contributed by atoms with E-state index in [-0.39, 0.29) is 17.8 Å². The average molecular weight is 437 g/mol. The summed E-state index contributed by atoms with van der Waals surface area (Å²) in [6, 6.07) is 17.4. The summed E-state index contributed by atoms with van der Waals surface area (Å²) in [6.45, 7) is 2.53. The smallest absolute Gasteiger partial charge is 0.265 e. The first-order valence-electron chi connectivity index (χ1n) is 10.1. The number of halogens is 1. The second-order valence-corrected chi connectivity index (χ2v) is 8.32. The number of ether oxygens (including phenoxy) is 1. The largest absolute Gasteiger partial charge is 0.457 e. The Morgan fingerprint density at radius 1 is 1.06 bits per heavy atom. The number of benzene rings is 2. The van der Waals surface area contributed by atoms with E-state index in [1.807, 2.05) is 41.8 Å². The van der Waals surface area contributed by atoms with Crippen LogP contribution in [0.2, 0.25) is 0 Å². The SMILES string of the molecule is O=C(Nc1c(C(c2cccc(F)c2)N2CCOCC2)oc2ccccc12)c1cccs1. The Labute approximate surface area is 183 Å². The quantitative estimate of drug-likeness (QED) is 0.461. The second kappa shape index (κ2) is 8.63. The van der Waals surface area contributed by atoms with Crippen molar-refractivity contribution in [2.75, 3.05) is 31.6 Å². The second-order valence-electron chi connectivity index (χ2n) is 7.37. The molecule has 158 valence electrons. The summed E-state index contributed by atoms with van der Waals surface area (Å²) >= 11 is 1.38. The van der Waals surface area contributed by atoms with Gasteiger partial charge in [-0.2, -0.15) is 0 Å². The van der Waals surface area contributed by atoms with Crippen LogP contribution in [-0.4, -0.2) is 37.1 Å². The fraction of sp³-hybridized carbons (Fsp3) is 0.208. The number of para-hydroxylation sites is 1. The molecule has 5 rings (SSSR count). The standard InChI is InChI=1S/C24H21FN2O3S/c25-17-6-3-5-16(15-17)22(27-10-12-29-13-11-27)23-21(18-7-1-2-8-19(18)30-23)26-24(28)20-9-4-14-31-20/h1-9,14-15,22H,10-13H2,(H,26,28). The van der Waals surface area contributed by atoms with Crippen LogP contribution in [0, 0.1) is 5.82 Å². The van der Waals surface area contributed by atoms with Crippen molar-refractivity contribution in [3.05, 3.63) is 88.1 Å². The molecule has 1 unspecified atom stereocenters. The summed E-state index contributed by atoms with van der Waals surface area (Å²) in [5.74, 6) is 0.0948. The normalized spacial score (nSPS) is 15.8. The molecular formula is C24H21FN2O3S. The van der Waals surface area contributed by atoms with Crippen molar-refractivity contribution in [3.63, 3.8) is 0 Å². The Bertz CT molecular complexity index is 1200. The van der Waals surface area contributed by atoms with Gasteiger partial charge in [0.05, 0.1) is 29.8 Å². The number of carbonyl (C=O) groups excluding carboxylic acids is 1. The third-order valence-electron chi connectivity index (χ3n) is 5.43. The van der Waals surface area contributed by atoms with E-state index < -0.39 is 0 Å². The van der Waals surface area contributed by atoms with Gasteiger partial charge in [-0.05, 0) is 41.3 Å². The molecule has 0 radical (unpaired) electrons. The Morgan fingerprint density at radius 3 is 2.68 bits per heavy atom. The highest BCUT2D eigenvalue weighted by Crippen LogP contribution is 2.41. The molecule has 5 nitrogen and oxygen atoms in total. The lowest BCUT2D eigenvalue weighted by Gasteiger charge is -2.34. The van der Waals surface area contributed by atoms with Crippen LogP contribution >= 0.6 is 11.3 Å². The van der Waals surface area contributed by atoms with Crippen LogP contribution in [-0.2, 0) is 4.74 Å². The van der Waals surface area contributed by atoms with E-state index in [1.165, 1.54) is 23.5 Å². The van der Waals surface area contributed by atoms with Gasteiger partial charge in [0, 0.05) is 18.5 Å². The van der Waals surface area contributed by atoms with E-state index in [1.54, 1.807) is 12.1 Å². The van der Waals surface area contributed by atoms with Crippen molar-refractivity contribution in [3.8, 4) is 0 Å². The number of nitrogens with zero attached hydrogens (tertiary/aromatic N) is 1. The van der Waals surface area contributed by atoms with Crippen LogP contribution in [0.15, 0.2) is 70.5 Å². The predicted octanol–water partition coefficient (Wildman–Crippen LogP) is 5.31. The minimum Gasteiger partial charge on any atom is -0.457 e. The summed E-state index contributed by atoms with van der Waals surface area (Å²) < 4.78 is 26.0. The molecule has 1 aliphatic rings. The third-order valence-corrected chi connectivity index (χ3v) is 6.30. The first-order chi connectivity index (χ1) is 15.2. The minimum absolute atomic E-state index is 0.192. The van der Waals surface area contributed by atoms with Crippen LogP contribution in [0.1, 0.15) is 27.0 Å². The first-order valence-corrected chi connectivity index (χ1v) is 11.0. The number of nitrogens with one attached hydrogen (secondary N) is 1. The fourth-order valence-electron chi connectivity index (χ4n) is 4.01. The molecule has 0 saturated carbocycles. The number of hydrogen-bond acceptors (Lipinski definition) is 5. The molecule has 4 aromatic rings. The maximum atomic E-state index is 14.2. The molecule has 0 bridgehead atoms. The van der Waals surface area contributed by atoms with E-state index >= 15 is 0 Å². The number of thiophene rings is 1. The molecule has 3 heterocycles. The molecule has 1 amide bonds. The zero-order valence-corrected chi connectivity index (χ0v) is 17.5. The monoisotopic (exact) mass is 436 g/mol. The summed E-state index contributed by atoms with van der Waals surface area (Å²) in [5, 5.41) is 5.75. The molecule has 1 saturated heterocycles. The fourth-order valence-corrected chi connectivity index (χ4v) is 4.63. The van der Waals surface area contributed by atoms with Crippen LogP contribution < -0.4 is 5.32 Å². The van der Waals surface area contributed by atoms with Gasteiger partial charge in [-0.1, -0.05) is 30.3 Å². The Hall–Kier alpha value is -3.00. The van der Waals surface area contributed by atoms with Crippen molar-refractivity contribution >= 4 is 33.9 Å². The van der Waals surface area contributed by atoms with Crippen molar-refractivity contribution in [1.29, 1.82) is 0 Å². The van der Waals surface area contributed by atoms with Gasteiger partial charge in [-0.25, -0.2) is 4.39 Å². The number of hydrogen-bond donors (Lipinski definition) is 1. The van der Waals surface area contributed by atoms with Crippen LogP contribution in [0.5, 0.6) is 0 Å².